The van der Waals surface area contributed by atoms with E-state index in [0.717, 1.165) is 0 Å². The van der Waals surface area contributed by atoms with Crippen LogP contribution in [-0.4, -0.2) is 16.8 Å². The molecular weight excluding hydrogens is 230 g/mol. The van der Waals surface area contributed by atoms with Gasteiger partial charge in [-0.25, -0.2) is 0 Å². The van der Waals surface area contributed by atoms with Gasteiger partial charge in [0.15, 0.2) is 0 Å². The van der Waals surface area contributed by atoms with Crippen molar-refractivity contribution >= 4 is 20.7 Å². The number of amides is 1. The van der Waals surface area contributed by atoms with Crippen molar-refractivity contribution in [3.8, 4) is 0 Å². The highest BCUT2D eigenvalue weighted by atomic mass is 79.9. The van der Waals surface area contributed by atoms with E-state index >= 15 is 0 Å². The van der Waals surface area contributed by atoms with Crippen molar-refractivity contribution in [2.45, 2.75) is 13.5 Å². The van der Waals surface area contributed by atoms with Crippen LogP contribution in [0.1, 0.15) is 11.1 Å². The zero-order valence-corrected chi connectivity index (χ0v) is 9.34. The lowest BCUT2D eigenvalue weighted by Gasteiger charge is -2.14. The molecule has 0 saturated heterocycles. The number of benzene rings is 1. The molecule has 13 heavy (non-hydrogen) atoms. The third-order valence-electron chi connectivity index (χ3n) is 1.97. The van der Waals surface area contributed by atoms with E-state index < -0.39 is 0 Å². The Morgan fingerprint density at radius 1 is 1.46 bits per heavy atom. The van der Waals surface area contributed by atoms with Crippen molar-refractivity contribution < 1.29 is 4.79 Å². The molecule has 2 nitrogen and oxygen atoms in total. The first-order valence-electron chi connectivity index (χ1n) is 4.06. The van der Waals surface area contributed by atoms with Gasteiger partial charge in [0.1, 0.15) is 0 Å². The maximum atomic E-state index is 10.9. The minimum Gasteiger partial charge on any atom is -0.332 e. The molecule has 0 radical (unpaired) electrons. The number of rotatable bonds is 2. The smallest absolute Gasteiger partial charge is 0.289 e. The van der Waals surface area contributed by atoms with Gasteiger partial charge in [0.05, 0.1) is 0 Å². The summed E-state index contributed by atoms with van der Waals surface area (Å²) < 4.78 is 0. The molecule has 0 fully saturated rings. The zero-order chi connectivity index (χ0) is 9.84. The summed E-state index contributed by atoms with van der Waals surface area (Å²) >= 11 is 2.91. The number of aryl methyl sites for hydroxylation is 1. The Balaban J connectivity index is 2.74. The number of hydrogen-bond donors (Lipinski definition) is 0. The molecule has 0 atom stereocenters. The maximum absolute atomic E-state index is 10.9. The van der Waals surface area contributed by atoms with Crippen LogP contribution in [0.2, 0.25) is 0 Å². The second-order valence-corrected chi connectivity index (χ2v) is 3.71. The number of nitrogens with zero attached hydrogens (tertiary/aromatic N) is 1. The monoisotopic (exact) mass is 241 g/mol. The number of carbonyl (C=O) groups excluding carboxylic acids is 1. The SMILES string of the molecule is Cc1ccccc1CN(C)C(=O)Br. The number of hydrogen-bond acceptors (Lipinski definition) is 1. The molecule has 0 saturated carbocycles. The van der Waals surface area contributed by atoms with Gasteiger partial charge in [-0.05, 0) is 18.1 Å². The van der Waals surface area contributed by atoms with Gasteiger partial charge in [-0.2, -0.15) is 0 Å². The highest BCUT2D eigenvalue weighted by molar-refractivity contribution is 9.18. The Labute approximate surface area is 86.7 Å². The number of halogens is 1. The molecular formula is C10H12BrNO. The molecule has 1 rings (SSSR count). The first-order chi connectivity index (χ1) is 6.11. The topological polar surface area (TPSA) is 20.3 Å². The molecule has 1 aromatic rings. The van der Waals surface area contributed by atoms with Crippen molar-refractivity contribution in [1.82, 2.24) is 4.90 Å². The van der Waals surface area contributed by atoms with Crippen molar-refractivity contribution in [3.05, 3.63) is 35.4 Å². The average Bonchev–Trinajstić information content (AvgIpc) is 2.08. The summed E-state index contributed by atoms with van der Waals surface area (Å²) in [4.78, 5) is 12.4. The lowest BCUT2D eigenvalue weighted by Crippen LogP contribution is -2.20. The van der Waals surface area contributed by atoms with Gasteiger partial charge in [0, 0.05) is 29.5 Å². The van der Waals surface area contributed by atoms with Crippen molar-refractivity contribution in [2.24, 2.45) is 0 Å². The van der Waals surface area contributed by atoms with Crippen LogP contribution in [0, 0.1) is 6.92 Å². The minimum atomic E-state index is -0.0873. The molecule has 70 valence electrons. The van der Waals surface area contributed by atoms with Crippen LogP contribution in [-0.2, 0) is 6.54 Å². The lowest BCUT2D eigenvalue weighted by atomic mass is 10.1. The average molecular weight is 242 g/mol. The first-order valence-corrected chi connectivity index (χ1v) is 4.85. The molecule has 0 aromatic heterocycles. The highest BCUT2D eigenvalue weighted by Crippen LogP contribution is 2.10. The Morgan fingerprint density at radius 3 is 2.62 bits per heavy atom. The number of carbonyl (C=O) groups is 1. The summed E-state index contributed by atoms with van der Waals surface area (Å²) in [7, 11) is 1.77. The van der Waals surface area contributed by atoms with Gasteiger partial charge in [-0.3, -0.25) is 4.79 Å². The first kappa shape index (κ1) is 10.3. The van der Waals surface area contributed by atoms with Crippen LogP contribution >= 0.6 is 15.9 Å². The Hall–Kier alpha value is -0.830. The molecule has 0 N–H and O–H groups in total. The zero-order valence-electron chi connectivity index (χ0n) is 7.75. The molecule has 1 amide bonds. The normalized spacial score (nSPS) is 9.77. The van der Waals surface area contributed by atoms with Crippen LogP contribution < -0.4 is 0 Å². The van der Waals surface area contributed by atoms with E-state index in [9.17, 15) is 4.79 Å². The highest BCUT2D eigenvalue weighted by Gasteiger charge is 2.05. The molecule has 3 heteroatoms. The van der Waals surface area contributed by atoms with E-state index in [4.69, 9.17) is 0 Å². The van der Waals surface area contributed by atoms with Crippen molar-refractivity contribution in [1.29, 1.82) is 0 Å². The van der Waals surface area contributed by atoms with Crippen LogP contribution in [0.25, 0.3) is 0 Å². The van der Waals surface area contributed by atoms with Gasteiger partial charge in [0.2, 0.25) is 0 Å². The van der Waals surface area contributed by atoms with Crippen LogP contribution in [0.15, 0.2) is 24.3 Å². The molecule has 0 spiro atoms. The van der Waals surface area contributed by atoms with E-state index in [2.05, 4.69) is 15.9 Å². The molecule has 0 bridgehead atoms. The second kappa shape index (κ2) is 4.42. The van der Waals surface area contributed by atoms with Gasteiger partial charge < -0.3 is 4.90 Å². The maximum Gasteiger partial charge on any atom is 0.289 e. The summed E-state index contributed by atoms with van der Waals surface area (Å²) in [5.41, 5.74) is 2.39. The van der Waals surface area contributed by atoms with Crippen LogP contribution in [0.4, 0.5) is 4.79 Å². The molecule has 0 aliphatic heterocycles. The van der Waals surface area contributed by atoms with Crippen LogP contribution in [0.5, 0.6) is 0 Å². The fraction of sp³-hybridized carbons (Fsp3) is 0.300. The third kappa shape index (κ3) is 2.84. The molecule has 0 unspecified atom stereocenters. The summed E-state index contributed by atoms with van der Waals surface area (Å²) in [6.45, 7) is 2.69. The Kier molecular flexibility index (Phi) is 3.48. The van der Waals surface area contributed by atoms with Gasteiger partial charge in [-0.15, -0.1) is 0 Å². The largest absolute Gasteiger partial charge is 0.332 e. The predicted octanol–water partition coefficient (Wildman–Crippen LogP) is 2.94. The summed E-state index contributed by atoms with van der Waals surface area (Å²) in [6.07, 6.45) is 0. The minimum absolute atomic E-state index is 0.0873. The van der Waals surface area contributed by atoms with E-state index in [1.807, 2.05) is 31.2 Å². The van der Waals surface area contributed by atoms with E-state index in [-0.39, 0.29) is 4.82 Å². The third-order valence-corrected chi connectivity index (χ3v) is 2.57. The van der Waals surface area contributed by atoms with Gasteiger partial charge >= 0.3 is 0 Å². The fourth-order valence-electron chi connectivity index (χ4n) is 1.11. The summed E-state index contributed by atoms with van der Waals surface area (Å²) in [6, 6.07) is 8.05. The molecule has 1 aromatic carbocycles. The summed E-state index contributed by atoms with van der Waals surface area (Å²) in [5.74, 6) is 0. The molecule has 0 aliphatic carbocycles. The Bertz CT molecular complexity index is 312. The second-order valence-electron chi connectivity index (χ2n) is 3.04. The summed E-state index contributed by atoms with van der Waals surface area (Å²) in [5, 5.41) is 0. The quantitative estimate of drug-likeness (QED) is 0.576. The fourth-order valence-corrected chi connectivity index (χ4v) is 1.23. The Morgan fingerprint density at radius 2 is 2.08 bits per heavy atom. The van der Waals surface area contributed by atoms with E-state index in [0.29, 0.717) is 6.54 Å². The standard InChI is InChI=1S/C10H12BrNO/c1-8-5-3-4-6-9(8)7-12(2)10(11)13/h3-6H,7H2,1-2H3. The van der Waals surface area contributed by atoms with E-state index in [1.165, 1.54) is 11.1 Å². The molecule has 0 heterocycles. The van der Waals surface area contributed by atoms with Crippen LogP contribution in [0.3, 0.4) is 0 Å². The van der Waals surface area contributed by atoms with Gasteiger partial charge in [0.25, 0.3) is 4.82 Å². The van der Waals surface area contributed by atoms with Crippen molar-refractivity contribution in [3.63, 3.8) is 0 Å². The predicted molar refractivity (Wildman–Crippen MR) is 57.0 cm³/mol. The van der Waals surface area contributed by atoms with Gasteiger partial charge in [-0.1, -0.05) is 24.3 Å². The van der Waals surface area contributed by atoms with E-state index in [1.54, 1.807) is 11.9 Å². The van der Waals surface area contributed by atoms with Crippen molar-refractivity contribution in [2.75, 3.05) is 7.05 Å². The lowest BCUT2D eigenvalue weighted by molar-refractivity contribution is 0.233. The molecule has 0 aliphatic rings.